The van der Waals surface area contributed by atoms with Gasteiger partial charge in [-0.1, -0.05) is 37.3 Å². The van der Waals surface area contributed by atoms with Crippen molar-refractivity contribution in [3.8, 4) is 0 Å². The average molecular weight is 596 g/mol. The molecule has 0 spiro atoms. The number of ketones is 1. The zero-order valence-electron chi connectivity index (χ0n) is 21.7. The molecule has 212 valence electrons. The highest BCUT2D eigenvalue weighted by Gasteiger charge is 2.35. The molecule has 0 saturated heterocycles. The molecule has 0 aliphatic carbocycles. The predicted molar refractivity (Wildman–Crippen MR) is 149 cm³/mol. The Bertz CT molecular complexity index is 1840. The van der Waals surface area contributed by atoms with Crippen LogP contribution in [0.5, 0.6) is 0 Å². The number of sulfonamides is 1. The van der Waals surface area contributed by atoms with Gasteiger partial charge in [0.15, 0.2) is 15.4 Å². The van der Waals surface area contributed by atoms with E-state index < -0.39 is 55.1 Å². The minimum atomic E-state index is -3.98. The summed E-state index contributed by atoms with van der Waals surface area (Å²) in [4.78, 5) is 39.2. The van der Waals surface area contributed by atoms with Gasteiger partial charge in [0.2, 0.25) is 11.7 Å². The van der Waals surface area contributed by atoms with Crippen molar-refractivity contribution in [3.05, 3.63) is 90.1 Å². The van der Waals surface area contributed by atoms with E-state index in [-0.39, 0.29) is 34.3 Å². The number of nitrogens with one attached hydrogen (secondary N) is 2. The summed E-state index contributed by atoms with van der Waals surface area (Å²) in [6.45, 7) is 1.66. The molecule has 2 atom stereocenters. The standard InChI is InChI=1S/C27H25N5O7S2/c1-2-19(24(33)27-31-20-11-4-5-12-22(20)39-27)30-26(34)21(16-40(35,36)15-17-9-7-8-14-28-17)29-25-18-10-3-6-13-23(18)41(37,38)32-25/h3-14,19,21H,2,15-16H2,1H3,(H,29,32)(H,30,34)/t19-,21-/m0/s1. The summed E-state index contributed by atoms with van der Waals surface area (Å²) in [5.74, 6) is -3.11. The van der Waals surface area contributed by atoms with Gasteiger partial charge in [-0.15, -0.1) is 0 Å². The molecule has 12 nitrogen and oxygen atoms in total. The first-order valence-corrected chi connectivity index (χ1v) is 15.9. The van der Waals surface area contributed by atoms with E-state index in [1.807, 2.05) is 0 Å². The molecule has 0 saturated carbocycles. The van der Waals surface area contributed by atoms with Crippen LogP contribution < -0.4 is 10.0 Å². The monoisotopic (exact) mass is 595 g/mol. The Morgan fingerprint density at radius 3 is 2.51 bits per heavy atom. The third kappa shape index (κ3) is 6.18. The van der Waals surface area contributed by atoms with Gasteiger partial charge < -0.3 is 9.73 Å². The molecule has 41 heavy (non-hydrogen) atoms. The zero-order valence-corrected chi connectivity index (χ0v) is 23.4. The minimum Gasteiger partial charge on any atom is -0.434 e. The number of pyridine rings is 1. The molecular weight excluding hydrogens is 570 g/mol. The Morgan fingerprint density at radius 1 is 1.05 bits per heavy atom. The first kappa shape index (κ1) is 28.1. The number of fused-ring (bicyclic) bond motifs is 2. The van der Waals surface area contributed by atoms with E-state index in [1.165, 1.54) is 30.5 Å². The maximum Gasteiger partial charge on any atom is 0.266 e. The molecule has 1 amide bonds. The van der Waals surface area contributed by atoms with E-state index in [1.54, 1.807) is 49.4 Å². The van der Waals surface area contributed by atoms with Gasteiger partial charge in [0.05, 0.1) is 28.1 Å². The van der Waals surface area contributed by atoms with Crippen molar-refractivity contribution in [1.82, 2.24) is 20.0 Å². The van der Waals surface area contributed by atoms with Gasteiger partial charge in [0.25, 0.3) is 15.9 Å². The van der Waals surface area contributed by atoms with Gasteiger partial charge in [0.1, 0.15) is 17.4 Å². The molecule has 2 aromatic heterocycles. The fourth-order valence-corrected chi connectivity index (χ4v) is 7.00. The molecule has 0 unspecified atom stereocenters. The van der Waals surface area contributed by atoms with Crippen LogP contribution in [0.25, 0.3) is 11.1 Å². The number of oxazole rings is 1. The van der Waals surface area contributed by atoms with Gasteiger partial charge in [-0.2, -0.15) is 0 Å². The minimum absolute atomic E-state index is 0.0492. The average Bonchev–Trinajstić information content (AvgIpc) is 3.49. The molecule has 3 heterocycles. The number of aromatic nitrogens is 2. The summed E-state index contributed by atoms with van der Waals surface area (Å²) in [5, 5.41) is 2.56. The van der Waals surface area contributed by atoms with Crippen molar-refractivity contribution in [2.75, 3.05) is 5.75 Å². The Labute approximate surface area is 235 Å². The van der Waals surface area contributed by atoms with Crippen LogP contribution in [0, 0.1) is 0 Å². The molecule has 2 aromatic carbocycles. The zero-order chi connectivity index (χ0) is 29.2. The third-order valence-electron chi connectivity index (χ3n) is 6.30. The fourth-order valence-electron chi connectivity index (χ4n) is 4.31. The molecule has 1 aliphatic rings. The highest BCUT2D eigenvalue weighted by atomic mass is 32.2. The highest BCUT2D eigenvalue weighted by molar-refractivity contribution is 7.91. The summed E-state index contributed by atoms with van der Waals surface area (Å²) in [7, 11) is -7.94. The van der Waals surface area contributed by atoms with Crippen molar-refractivity contribution in [1.29, 1.82) is 0 Å². The number of aliphatic imine (C=N–C) groups is 1. The second-order valence-electron chi connectivity index (χ2n) is 9.29. The number of para-hydroxylation sites is 2. The second kappa shape index (κ2) is 11.2. The van der Waals surface area contributed by atoms with Crippen LogP contribution in [0.2, 0.25) is 0 Å². The van der Waals surface area contributed by atoms with Crippen LogP contribution in [0.3, 0.4) is 0 Å². The molecule has 5 rings (SSSR count). The number of benzene rings is 2. The summed E-state index contributed by atoms with van der Waals surface area (Å²) in [5.41, 5.74) is 1.33. The summed E-state index contributed by atoms with van der Waals surface area (Å²) >= 11 is 0. The third-order valence-corrected chi connectivity index (χ3v) is 9.26. The number of hydrogen-bond acceptors (Lipinski definition) is 10. The van der Waals surface area contributed by atoms with Gasteiger partial charge in [-0.3, -0.25) is 24.3 Å². The number of sulfone groups is 1. The lowest BCUT2D eigenvalue weighted by Crippen LogP contribution is -2.47. The number of amidine groups is 1. The van der Waals surface area contributed by atoms with Crippen LogP contribution in [0.15, 0.2) is 87.2 Å². The SMILES string of the molecule is CC[C@H](NC(=O)[C@H](CS(=O)(=O)Cc1ccccn1)N=C1NS(=O)(=O)c2ccccc21)C(=O)c1nc2ccccc2o1. The number of Topliss-reactive ketones (excluding diaryl/α,β-unsaturated/α-hetero) is 1. The quantitative estimate of drug-likeness (QED) is 0.260. The van der Waals surface area contributed by atoms with Crippen LogP contribution in [0.4, 0.5) is 0 Å². The first-order valence-electron chi connectivity index (χ1n) is 12.6. The molecule has 1 aliphatic heterocycles. The van der Waals surface area contributed by atoms with Crippen LogP contribution in [-0.2, 0) is 30.4 Å². The van der Waals surface area contributed by atoms with E-state index in [0.29, 0.717) is 11.1 Å². The summed E-state index contributed by atoms with van der Waals surface area (Å²) in [6.07, 6.45) is 1.59. The van der Waals surface area contributed by atoms with Crippen molar-refractivity contribution < 1.29 is 30.8 Å². The normalized spacial score (nSPS) is 16.6. The number of amides is 1. The largest absolute Gasteiger partial charge is 0.434 e. The Kier molecular flexibility index (Phi) is 7.69. The Balaban J connectivity index is 1.45. The van der Waals surface area contributed by atoms with Gasteiger partial charge in [0, 0.05) is 11.8 Å². The number of nitrogens with zero attached hydrogens (tertiary/aromatic N) is 3. The number of rotatable bonds is 10. The molecule has 2 N–H and O–H groups in total. The van der Waals surface area contributed by atoms with Gasteiger partial charge in [-0.25, -0.2) is 21.8 Å². The van der Waals surface area contributed by atoms with Crippen molar-refractivity contribution in [2.24, 2.45) is 4.99 Å². The fraction of sp³-hybridized carbons (Fsp3) is 0.222. The molecule has 4 aromatic rings. The number of hydrogen-bond donors (Lipinski definition) is 2. The number of carbonyl (C=O) groups excluding carboxylic acids is 2. The van der Waals surface area contributed by atoms with Crippen molar-refractivity contribution in [3.63, 3.8) is 0 Å². The van der Waals surface area contributed by atoms with Gasteiger partial charge >= 0.3 is 0 Å². The predicted octanol–water partition coefficient (Wildman–Crippen LogP) is 2.02. The maximum atomic E-state index is 13.5. The van der Waals surface area contributed by atoms with Crippen molar-refractivity contribution in [2.45, 2.75) is 36.1 Å². The van der Waals surface area contributed by atoms with E-state index in [4.69, 9.17) is 4.42 Å². The lowest BCUT2D eigenvalue weighted by atomic mass is 10.1. The molecule has 0 fully saturated rings. The van der Waals surface area contributed by atoms with E-state index in [2.05, 4.69) is 25.0 Å². The number of carbonyl (C=O) groups is 2. The summed E-state index contributed by atoms with van der Waals surface area (Å²) in [6, 6.07) is 14.9. The topological polar surface area (TPSA) is 178 Å². The highest BCUT2D eigenvalue weighted by Crippen LogP contribution is 2.23. The molecule has 14 heteroatoms. The van der Waals surface area contributed by atoms with Crippen molar-refractivity contribution >= 4 is 48.5 Å². The Hall–Kier alpha value is -4.43. The first-order chi connectivity index (χ1) is 19.6. The molecule has 0 bridgehead atoms. The Morgan fingerprint density at radius 2 is 1.78 bits per heavy atom. The van der Waals surface area contributed by atoms with E-state index in [0.717, 1.165) is 0 Å². The van der Waals surface area contributed by atoms with Crippen LogP contribution in [-0.4, -0.2) is 62.2 Å². The molecule has 0 radical (unpaired) electrons. The van der Waals surface area contributed by atoms with Gasteiger partial charge in [-0.05, 0) is 42.8 Å². The molecular formula is C27H25N5O7S2. The second-order valence-corrected chi connectivity index (χ2v) is 13.1. The maximum absolute atomic E-state index is 13.5. The van der Waals surface area contributed by atoms with Crippen LogP contribution >= 0.6 is 0 Å². The lowest BCUT2D eigenvalue weighted by Gasteiger charge is -2.19. The van der Waals surface area contributed by atoms with E-state index >= 15 is 0 Å². The van der Waals surface area contributed by atoms with Crippen LogP contribution in [0.1, 0.15) is 35.3 Å². The summed E-state index contributed by atoms with van der Waals surface area (Å²) < 4.78 is 59.4. The smallest absolute Gasteiger partial charge is 0.266 e. The van der Waals surface area contributed by atoms with E-state index in [9.17, 15) is 26.4 Å². The lowest BCUT2D eigenvalue weighted by molar-refractivity contribution is -0.122.